The van der Waals surface area contributed by atoms with E-state index >= 15 is 0 Å². The third-order valence-electron chi connectivity index (χ3n) is 4.00. The van der Waals surface area contributed by atoms with E-state index in [9.17, 15) is 4.79 Å². The maximum Gasteiger partial charge on any atom is 0.227 e. The molecule has 2 aliphatic rings. The van der Waals surface area contributed by atoms with Gasteiger partial charge in [-0.25, -0.2) is 0 Å². The van der Waals surface area contributed by atoms with Gasteiger partial charge in [-0.3, -0.25) is 4.79 Å². The lowest BCUT2D eigenvalue weighted by Gasteiger charge is -2.40. The van der Waals surface area contributed by atoms with Crippen LogP contribution in [0.5, 0.6) is 0 Å². The first kappa shape index (κ1) is 13.0. The third-order valence-corrected chi connectivity index (χ3v) is 4.00. The smallest absolute Gasteiger partial charge is 0.227 e. The molecule has 0 N–H and O–H groups in total. The fraction of sp³-hybridized carbons (Fsp3) is 0.562. The predicted octanol–water partition coefficient (Wildman–Crippen LogP) is 3.12. The van der Waals surface area contributed by atoms with Gasteiger partial charge in [0.15, 0.2) is 0 Å². The first-order chi connectivity index (χ1) is 8.67. The van der Waals surface area contributed by atoms with Gasteiger partial charge >= 0.3 is 0 Å². The molecule has 0 radical (unpaired) electrons. The van der Waals surface area contributed by atoms with Gasteiger partial charge in [-0.1, -0.05) is 13.0 Å². The second kappa shape index (κ2) is 5.44. The molecule has 18 heavy (non-hydrogen) atoms. The van der Waals surface area contributed by atoms with Gasteiger partial charge in [-0.05, 0) is 36.7 Å². The molecule has 0 bridgehead atoms. The molecule has 0 saturated carbocycles. The molecular formula is C16H21NO. The molecule has 0 saturated heterocycles. The van der Waals surface area contributed by atoms with Crippen LogP contribution in [0.3, 0.4) is 0 Å². The largest absolute Gasteiger partial charge is 0.312 e. The van der Waals surface area contributed by atoms with Crippen molar-refractivity contribution in [1.29, 1.82) is 0 Å². The Hall–Kier alpha value is -1.49. The van der Waals surface area contributed by atoms with Crippen LogP contribution >= 0.6 is 0 Å². The van der Waals surface area contributed by atoms with Crippen molar-refractivity contribution in [2.75, 3.05) is 6.54 Å². The minimum absolute atomic E-state index is 0.238. The lowest BCUT2D eigenvalue weighted by molar-refractivity contribution is -0.130. The summed E-state index contributed by atoms with van der Waals surface area (Å²) < 4.78 is 0. The van der Waals surface area contributed by atoms with Gasteiger partial charge in [0.25, 0.3) is 0 Å². The van der Waals surface area contributed by atoms with E-state index in [1.54, 1.807) is 0 Å². The normalized spacial score (nSPS) is 27.8. The molecule has 96 valence electrons. The van der Waals surface area contributed by atoms with Gasteiger partial charge in [-0.15, -0.1) is 18.9 Å². The lowest BCUT2D eigenvalue weighted by atomic mass is 9.75. The standard InChI is InChI=1S/C16H21NO/c1-4-6-13-10-12(3)11-15-14(13)7-8-16(18)17(15)9-5-2/h1,5,12-13H,2,6-11H2,3H3. The second-order valence-electron chi connectivity index (χ2n) is 5.42. The van der Waals surface area contributed by atoms with Crippen molar-refractivity contribution >= 4 is 5.91 Å². The molecule has 0 aromatic heterocycles. The van der Waals surface area contributed by atoms with E-state index in [1.807, 2.05) is 11.0 Å². The summed E-state index contributed by atoms with van der Waals surface area (Å²) in [5.74, 6) is 4.12. The number of nitrogens with zero attached hydrogens (tertiary/aromatic N) is 1. The zero-order valence-electron chi connectivity index (χ0n) is 11.1. The van der Waals surface area contributed by atoms with Crippen LogP contribution in [0.4, 0.5) is 0 Å². The van der Waals surface area contributed by atoms with Gasteiger partial charge in [0, 0.05) is 25.1 Å². The average molecular weight is 243 g/mol. The fourth-order valence-electron chi connectivity index (χ4n) is 3.26. The summed E-state index contributed by atoms with van der Waals surface area (Å²) in [4.78, 5) is 13.9. The molecule has 1 heterocycles. The Bertz CT molecular complexity index is 427. The van der Waals surface area contributed by atoms with Crippen molar-refractivity contribution in [2.45, 2.75) is 39.0 Å². The van der Waals surface area contributed by atoms with E-state index in [1.165, 1.54) is 17.7 Å². The zero-order valence-corrected chi connectivity index (χ0v) is 11.1. The number of hydrogen-bond acceptors (Lipinski definition) is 1. The van der Waals surface area contributed by atoms with Crippen LogP contribution in [-0.2, 0) is 4.79 Å². The number of terminal acetylenes is 1. The molecule has 1 amide bonds. The molecule has 2 unspecified atom stereocenters. The quantitative estimate of drug-likeness (QED) is 0.551. The molecule has 0 spiro atoms. The van der Waals surface area contributed by atoms with Gasteiger partial charge < -0.3 is 4.90 Å². The predicted molar refractivity (Wildman–Crippen MR) is 73.5 cm³/mol. The topological polar surface area (TPSA) is 20.3 Å². The SMILES string of the molecule is C#CCC1CC(C)CC2=C1CCC(=O)N2CC=C. The van der Waals surface area contributed by atoms with Crippen molar-refractivity contribution in [2.24, 2.45) is 11.8 Å². The summed E-state index contributed by atoms with van der Waals surface area (Å²) in [5.41, 5.74) is 2.68. The third kappa shape index (κ3) is 2.36. The van der Waals surface area contributed by atoms with Crippen molar-refractivity contribution in [1.82, 2.24) is 4.90 Å². The van der Waals surface area contributed by atoms with E-state index in [0.717, 1.165) is 19.3 Å². The monoisotopic (exact) mass is 243 g/mol. The van der Waals surface area contributed by atoms with Crippen LogP contribution < -0.4 is 0 Å². The van der Waals surface area contributed by atoms with Gasteiger partial charge in [0.2, 0.25) is 5.91 Å². The summed E-state index contributed by atoms with van der Waals surface area (Å²) in [5, 5.41) is 0. The van der Waals surface area contributed by atoms with E-state index in [0.29, 0.717) is 24.8 Å². The fourth-order valence-corrected chi connectivity index (χ4v) is 3.26. The maximum absolute atomic E-state index is 12.0. The highest BCUT2D eigenvalue weighted by molar-refractivity contribution is 5.80. The summed E-state index contributed by atoms with van der Waals surface area (Å²) in [7, 11) is 0. The Morgan fingerprint density at radius 3 is 3.00 bits per heavy atom. The molecule has 0 aromatic carbocycles. The van der Waals surface area contributed by atoms with E-state index in [2.05, 4.69) is 19.4 Å². The Kier molecular flexibility index (Phi) is 3.91. The number of carbonyl (C=O) groups is 1. The van der Waals surface area contributed by atoms with Crippen molar-refractivity contribution in [3.63, 3.8) is 0 Å². The van der Waals surface area contributed by atoms with Crippen LogP contribution in [0.15, 0.2) is 23.9 Å². The van der Waals surface area contributed by atoms with Crippen molar-refractivity contribution in [3.05, 3.63) is 23.9 Å². The highest BCUT2D eigenvalue weighted by Crippen LogP contribution is 2.41. The lowest BCUT2D eigenvalue weighted by Crippen LogP contribution is -2.38. The molecule has 1 aliphatic carbocycles. The van der Waals surface area contributed by atoms with Crippen LogP contribution in [0.1, 0.15) is 39.0 Å². The minimum Gasteiger partial charge on any atom is -0.312 e. The molecule has 1 aliphatic heterocycles. The number of amides is 1. The van der Waals surface area contributed by atoms with Crippen molar-refractivity contribution < 1.29 is 4.79 Å². The molecule has 2 heteroatoms. The van der Waals surface area contributed by atoms with Crippen LogP contribution in [0, 0.1) is 24.2 Å². The van der Waals surface area contributed by atoms with Gasteiger partial charge in [0.1, 0.15) is 0 Å². The zero-order chi connectivity index (χ0) is 13.1. The van der Waals surface area contributed by atoms with Gasteiger partial charge in [0.05, 0.1) is 0 Å². The van der Waals surface area contributed by atoms with Crippen LogP contribution in [0.25, 0.3) is 0 Å². The second-order valence-corrected chi connectivity index (χ2v) is 5.42. The molecule has 2 atom stereocenters. The Morgan fingerprint density at radius 2 is 2.33 bits per heavy atom. The Labute approximate surface area is 110 Å². The van der Waals surface area contributed by atoms with Gasteiger partial charge in [-0.2, -0.15) is 0 Å². The first-order valence-electron chi connectivity index (χ1n) is 6.74. The summed E-state index contributed by atoms with van der Waals surface area (Å²) in [6.07, 6.45) is 11.8. The molecule has 0 fully saturated rings. The van der Waals surface area contributed by atoms with E-state index in [4.69, 9.17) is 6.42 Å². The molecule has 0 aromatic rings. The highest BCUT2D eigenvalue weighted by Gasteiger charge is 2.34. The number of hydrogen-bond donors (Lipinski definition) is 0. The van der Waals surface area contributed by atoms with Crippen LogP contribution in [0.2, 0.25) is 0 Å². The molecule has 2 nitrogen and oxygen atoms in total. The average Bonchev–Trinajstić information content (AvgIpc) is 2.33. The Morgan fingerprint density at radius 1 is 1.56 bits per heavy atom. The summed E-state index contributed by atoms with van der Waals surface area (Å²) in [6.45, 7) is 6.63. The van der Waals surface area contributed by atoms with Crippen LogP contribution in [-0.4, -0.2) is 17.4 Å². The van der Waals surface area contributed by atoms with Crippen molar-refractivity contribution in [3.8, 4) is 12.3 Å². The Balaban J connectivity index is 2.34. The molecular weight excluding hydrogens is 222 g/mol. The number of rotatable bonds is 3. The maximum atomic E-state index is 12.0. The number of carbonyl (C=O) groups excluding carboxylic acids is 1. The number of allylic oxidation sites excluding steroid dienone is 2. The summed E-state index contributed by atoms with van der Waals surface area (Å²) in [6, 6.07) is 0. The van der Waals surface area contributed by atoms with E-state index < -0.39 is 0 Å². The van der Waals surface area contributed by atoms with E-state index in [-0.39, 0.29) is 5.91 Å². The summed E-state index contributed by atoms with van der Waals surface area (Å²) >= 11 is 0. The highest BCUT2D eigenvalue weighted by atomic mass is 16.2. The first-order valence-corrected chi connectivity index (χ1v) is 6.74. The minimum atomic E-state index is 0.238. The molecule has 2 rings (SSSR count).